The summed E-state index contributed by atoms with van der Waals surface area (Å²) in [6.45, 7) is 13.3. The molecule has 0 aliphatic rings. The Labute approximate surface area is 199 Å². The average Bonchev–Trinajstić information content (AvgIpc) is 3.15. The Balaban J connectivity index is 2.07. The van der Waals surface area contributed by atoms with Crippen molar-refractivity contribution < 1.29 is 19.1 Å². The Morgan fingerprint density at radius 3 is 2.35 bits per heavy atom. The van der Waals surface area contributed by atoms with Crippen molar-refractivity contribution in [1.29, 1.82) is 0 Å². The Morgan fingerprint density at radius 2 is 1.76 bits per heavy atom. The van der Waals surface area contributed by atoms with Gasteiger partial charge in [0, 0.05) is 6.04 Å². The van der Waals surface area contributed by atoms with Crippen LogP contribution in [0.25, 0.3) is 11.5 Å². The molecule has 0 N–H and O–H groups in total. The monoisotopic (exact) mass is 466 g/mol. The zero-order valence-corrected chi connectivity index (χ0v) is 20.6. The van der Waals surface area contributed by atoms with E-state index in [0.717, 1.165) is 5.82 Å². The van der Waals surface area contributed by atoms with E-state index in [9.17, 15) is 9.59 Å². The number of ether oxygens (including phenoxy) is 2. The normalized spacial score (nSPS) is 11.4. The van der Waals surface area contributed by atoms with Gasteiger partial charge in [-0.25, -0.2) is 29.4 Å². The van der Waals surface area contributed by atoms with Crippen molar-refractivity contribution >= 4 is 23.7 Å². The Bertz CT molecular complexity index is 1160. The van der Waals surface area contributed by atoms with Gasteiger partial charge in [0.2, 0.25) is 5.95 Å². The number of rotatable bonds is 6. The van der Waals surface area contributed by atoms with E-state index in [4.69, 9.17) is 9.47 Å². The summed E-state index contributed by atoms with van der Waals surface area (Å²) in [5, 5.41) is 0. The van der Waals surface area contributed by atoms with Crippen molar-refractivity contribution in [2.24, 2.45) is 0 Å². The number of carbonyl (C=O) groups is 2. The van der Waals surface area contributed by atoms with Crippen LogP contribution >= 0.6 is 0 Å². The van der Waals surface area contributed by atoms with Crippen molar-refractivity contribution in [2.45, 2.75) is 60.1 Å². The molecule has 3 aromatic rings. The van der Waals surface area contributed by atoms with E-state index in [-0.39, 0.29) is 18.6 Å². The molecule has 0 atom stereocenters. The van der Waals surface area contributed by atoms with Crippen molar-refractivity contribution in [3.05, 3.63) is 48.2 Å². The van der Waals surface area contributed by atoms with Crippen molar-refractivity contribution in [2.75, 3.05) is 11.5 Å². The van der Waals surface area contributed by atoms with Crippen LogP contribution in [0.5, 0.6) is 0 Å². The second-order valence-corrected chi connectivity index (χ2v) is 8.85. The molecule has 1 aromatic carbocycles. The molecule has 3 rings (SSSR count). The van der Waals surface area contributed by atoms with Gasteiger partial charge in [-0.3, -0.25) is 0 Å². The molecule has 0 spiro atoms. The van der Waals surface area contributed by atoms with E-state index in [2.05, 4.69) is 19.9 Å². The molecule has 0 radical (unpaired) electrons. The van der Waals surface area contributed by atoms with E-state index in [1.165, 1.54) is 11.2 Å². The Morgan fingerprint density at radius 1 is 1.09 bits per heavy atom. The topological polar surface area (TPSA) is 112 Å². The fourth-order valence-corrected chi connectivity index (χ4v) is 3.36. The standard InChI is InChI=1S/C24H30N6O4/c1-8-33-21(31)17-9-11-18(12-10-17)30(23(32)34-24(5,6)7)22-27-14-26-20(28-22)19-13-25-16(4)29(19)15(2)3/h9-15H,8H2,1-7H3. The minimum atomic E-state index is -0.747. The van der Waals surface area contributed by atoms with Crippen LogP contribution in [-0.4, -0.2) is 48.8 Å². The first-order chi connectivity index (χ1) is 16.0. The number of hydrogen-bond acceptors (Lipinski definition) is 8. The highest BCUT2D eigenvalue weighted by molar-refractivity contribution is 5.95. The lowest BCUT2D eigenvalue weighted by Gasteiger charge is -2.26. The van der Waals surface area contributed by atoms with Crippen LogP contribution in [0.3, 0.4) is 0 Å². The van der Waals surface area contributed by atoms with Crippen LogP contribution in [0.1, 0.15) is 63.8 Å². The number of aryl methyl sites for hydroxylation is 1. The third-order valence-electron chi connectivity index (χ3n) is 4.70. The summed E-state index contributed by atoms with van der Waals surface area (Å²) in [6.07, 6.45) is 2.37. The highest BCUT2D eigenvalue weighted by atomic mass is 16.6. The molecule has 0 bridgehead atoms. The Hall–Kier alpha value is -3.82. The number of benzene rings is 1. The molecule has 0 fully saturated rings. The van der Waals surface area contributed by atoms with Gasteiger partial charge in [0.1, 0.15) is 23.4 Å². The highest BCUT2D eigenvalue weighted by Crippen LogP contribution is 2.28. The molecule has 10 heteroatoms. The molecule has 0 aliphatic carbocycles. The van der Waals surface area contributed by atoms with Gasteiger partial charge in [0.15, 0.2) is 5.82 Å². The van der Waals surface area contributed by atoms with E-state index < -0.39 is 17.7 Å². The van der Waals surface area contributed by atoms with Crippen molar-refractivity contribution in [1.82, 2.24) is 24.5 Å². The maximum atomic E-state index is 13.2. The SMILES string of the molecule is CCOC(=O)c1ccc(N(C(=O)OC(C)(C)C)c2ncnc(-c3cnc(C)n3C(C)C)n2)cc1. The van der Waals surface area contributed by atoms with Gasteiger partial charge in [-0.2, -0.15) is 4.98 Å². The molecule has 0 unspecified atom stereocenters. The first kappa shape index (κ1) is 24.8. The molecule has 10 nitrogen and oxygen atoms in total. The quantitative estimate of drug-likeness (QED) is 0.473. The third kappa shape index (κ3) is 5.56. The van der Waals surface area contributed by atoms with Crippen LogP contribution in [0.4, 0.5) is 16.4 Å². The largest absolute Gasteiger partial charge is 0.462 e. The van der Waals surface area contributed by atoms with Gasteiger partial charge in [-0.05, 0) is 72.7 Å². The van der Waals surface area contributed by atoms with Crippen LogP contribution in [0.2, 0.25) is 0 Å². The molecular formula is C24H30N6O4. The summed E-state index contributed by atoms with van der Waals surface area (Å²) < 4.78 is 12.7. The molecule has 2 heterocycles. The molecule has 0 aliphatic heterocycles. The maximum absolute atomic E-state index is 13.2. The van der Waals surface area contributed by atoms with Crippen LogP contribution in [0.15, 0.2) is 36.8 Å². The summed E-state index contributed by atoms with van der Waals surface area (Å²) >= 11 is 0. The zero-order chi connectivity index (χ0) is 25.0. The molecule has 2 aromatic heterocycles. The summed E-state index contributed by atoms with van der Waals surface area (Å²) in [4.78, 5) is 44.0. The second kappa shape index (κ2) is 9.98. The average molecular weight is 467 g/mol. The van der Waals surface area contributed by atoms with Crippen LogP contribution in [-0.2, 0) is 9.47 Å². The van der Waals surface area contributed by atoms with E-state index in [1.807, 2.05) is 25.3 Å². The lowest BCUT2D eigenvalue weighted by atomic mass is 10.2. The second-order valence-electron chi connectivity index (χ2n) is 8.85. The van der Waals surface area contributed by atoms with Gasteiger partial charge < -0.3 is 14.0 Å². The third-order valence-corrected chi connectivity index (χ3v) is 4.70. The first-order valence-corrected chi connectivity index (χ1v) is 11.1. The molecule has 0 saturated heterocycles. The lowest BCUT2D eigenvalue weighted by molar-refractivity contribution is 0.0525. The summed E-state index contributed by atoms with van der Waals surface area (Å²) in [5.74, 6) is 0.830. The van der Waals surface area contributed by atoms with Gasteiger partial charge in [0.25, 0.3) is 0 Å². The van der Waals surface area contributed by atoms with Gasteiger partial charge >= 0.3 is 12.1 Å². The van der Waals surface area contributed by atoms with E-state index in [0.29, 0.717) is 22.8 Å². The lowest BCUT2D eigenvalue weighted by Crippen LogP contribution is -2.35. The number of amides is 1. The smallest absolute Gasteiger partial charge is 0.421 e. The predicted octanol–water partition coefficient (Wildman–Crippen LogP) is 4.87. The van der Waals surface area contributed by atoms with Crippen molar-refractivity contribution in [3.8, 4) is 11.5 Å². The number of hydrogen-bond donors (Lipinski definition) is 0. The van der Waals surface area contributed by atoms with E-state index >= 15 is 0 Å². The van der Waals surface area contributed by atoms with Gasteiger partial charge in [-0.15, -0.1) is 0 Å². The minimum absolute atomic E-state index is 0.0808. The van der Waals surface area contributed by atoms with Crippen LogP contribution < -0.4 is 4.90 Å². The summed E-state index contributed by atoms with van der Waals surface area (Å²) in [6, 6.07) is 6.51. The number of nitrogens with zero attached hydrogens (tertiary/aromatic N) is 6. The van der Waals surface area contributed by atoms with Gasteiger partial charge in [0.05, 0.1) is 24.1 Å². The number of esters is 1. The fraction of sp³-hybridized carbons (Fsp3) is 0.417. The minimum Gasteiger partial charge on any atom is -0.462 e. The fourth-order valence-electron chi connectivity index (χ4n) is 3.36. The Kier molecular flexibility index (Phi) is 7.29. The number of anilines is 2. The number of imidazole rings is 1. The van der Waals surface area contributed by atoms with Gasteiger partial charge in [-0.1, -0.05) is 0 Å². The first-order valence-electron chi connectivity index (χ1n) is 11.1. The number of carbonyl (C=O) groups excluding carboxylic acids is 2. The molecule has 34 heavy (non-hydrogen) atoms. The molecule has 0 saturated carbocycles. The highest BCUT2D eigenvalue weighted by Gasteiger charge is 2.28. The zero-order valence-electron chi connectivity index (χ0n) is 20.6. The molecule has 1 amide bonds. The summed E-state index contributed by atoms with van der Waals surface area (Å²) in [5.41, 5.74) is 0.747. The van der Waals surface area contributed by atoms with Crippen molar-refractivity contribution in [3.63, 3.8) is 0 Å². The molecular weight excluding hydrogens is 436 g/mol. The van der Waals surface area contributed by atoms with Crippen LogP contribution in [0, 0.1) is 6.92 Å². The predicted molar refractivity (Wildman–Crippen MR) is 127 cm³/mol. The maximum Gasteiger partial charge on any atom is 0.421 e. The summed E-state index contributed by atoms with van der Waals surface area (Å²) in [7, 11) is 0. The molecule has 180 valence electrons. The van der Waals surface area contributed by atoms with E-state index in [1.54, 1.807) is 58.2 Å². The number of aromatic nitrogens is 5.